The fourth-order valence-corrected chi connectivity index (χ4v) is 2.07. The molecule has 3 rings (SSSR count). The van der Waals surface area contributed by atoms with Gasteiger partial charge in [-0.1, -0.05) is 0 Å². The van der Waals surface area contributed by atoms with E-state index in [-0.39, 0.29) is 18.9 Å². The van der Waals surface area contributed by atoms with Gasteiger partial charge in [0, 0.05) is 13.0 Å². The van der Waals surface area contributed by atoms with Crippen molar-refractivity contribution >= 4 is 28.7 Å². The van der Waals surface area contributed by atoms with Crippen molar-refractivity contribution in [1.82, 2.24) is 20.2 Å². The number of primary amides is 1. The molecule has 1 saturated heterocycles. The number of nitrogens with two attached hydrogens (primary N) is 1. The lowest BCUT2D eigenvalue weighted by Gasteiger charge is -2.15. The first-order chi connectivity index (χ1) is 8.66. The number of aromatic nitrogens is 4. The Hall–Kier alpha value is -2.51. The predicted octanol–water partition coefficient (Wildman–Crippen LogP) is -0.809. The minimum Gasteiger partial charge on any atom is -0.369 e. The van der Waals surface area contributed by atoms with Gasteiger partial charge >= 0.3 is 0 Å². The molecule has 18 heavy (non-hydrogen) atoms. The van der Waals surface area contributed by atoms with Gasteiger partial charge in [0.05, 0.1) is 17.5 Å². The Morgan fingerprint density at radius 1 is 1.50 bits per heavy atom. The Kier molecular flexibility index (Phi) is 2.22. The van der Waals surface area contributed by atoms with E-state index in [0.29, 0.717) is 16.9 Å². The van der Waals surface area contributed by atoms with Crippen LogP contribution >= 0.6 is 0 Å². The summed E-state index contributed by atoms with van der Waals surface area (Å²) in [6, 6.07) is 0. The minimum atomic E-state index is -0.469. The Morgan fingerprint density at radius 3 is 3.06 bits per heavy atom. The summed E-state index contributed by atoms with van der Waals surface area (Å²) < 4.78 is 0. The number of carbonyl (C=O) groups excluding carboxylic acids is 2. The zero-order valence-corrected chi connectivity index (χ0v) is 9.33. The number of nitrogens with one attached hydrogen (secondary N) is 1. The predicted molar refractivity (Wildman–Crippen MR) is 61.3 cm³/mol. The van der Waals surface area contributed by atoms with Crippen LogP contribution < -0.4 is 10.6 Å². The molecule has 0 radical (unpaired) electrons. The molecule has 3 heterocycles. The fourth-order valence-electron chi connectivity index (χ4n) is 2.07. The number of carbonyl (C=O) groups is 2. The standard InChI is InChI=1S/C10H10N6O2/c11-8(18)5-1-7(17)16(3-5)10-6-2-14-15-9(6)12-4-13-10/h2,4-5H,1,3H2,(H2,11,18)(H,12,13,14,15). The SMILES string of the molecule is NC(=O)C1CC(=O)N(c2ncnc3[nH]ncc23)C1. The number of hydrogen-bond acceptors (Lipinski definition) is 5. The van der Waals surface area contributed by atoms with Gasteiger partial charge in [-0.25, -0.2) is 9.97 Å². The Balaban J connectivity index is 2.03. The fraction of sp³-hybridized carbons (Fsp3) is 0.300. The van der Waals surface area contributed by atoms with E-state index in [1.807, 2.05) is 0 Å². The van der Waals surface area contributed by atoms with Crippen molar-refractivity contribution in [2.24, 2.45) is 11.7 Å². The van der Waals surface area contributed by atoms with Crippen molar-refractivity contribution in [3.05, 3.63) is 12.5 Å². The van der Waals surface area contributed by atoms with Gasteiger partial charge in [0.1, 0.15) is 12.1 Å². The lowest BCUT2D eigenvalue weighted by atomic mass is 10.1. The third-order valence-electron chi connectivity index (χ3n) is 3.01. The Labute approximate surface area is 101 Å². The highest BCUT2D eigenvalue weighted by Crippen LogP contribution is 2.27. The van der Waals surface area contributed by atoms with Crippen LogP contribution in [0, 0.1) is 5.92 Å². The first-order valence-corrected chi connectivity index (χ1v) is 5.40. The van der Waals surface area contributed by atoms with Crippen molar-refractivity contribution < 1.29 is 9.59 Å². The van der Waals surface area contributed by atoms with Crippen LogP contribution in [0.4, 0.5) is 5.82 Å². The lowest BCUT2D eigenvalue weighted by Crippen LogP contribution is -2.29. The number of hydrogen-bond donors (Lipinski definition) is 2. The molecule has 2 aromatic heterocycles. The Bertz CT molecular complexity index is 636. The van der Waals surface area contributed by atoms with Gasteiger partial charge in [-0.2, -0.15) is 5.10 Å². The zero-order valence-electron chi connectivity index (χ0n) is 9.33. The number of nitrogens with zero attached hydrogens (tertiary/aromatic N) is 4. The molecule has 1 fully saturated rings. The molecule has 8 heteroatoms. The second kappa shape index (κ2) is 3.76. The summed E-state index contributed by atoms with van der Waals surface area (Å²) in [4.78, 5) is 32.5. The quantitative estimate of drug-likeness (QED) is 0.718. The van der Waals surface area contributed by atoms with E-state index in [2.05, 4.69) is 20.2 Å². The molecule has 8 nitrogen and oxygen atoms in total. The van der Waals surface area contributed by atoms with Crippen LogP contribution in [0.25, 0.3) is 11.0 Å². The molecule has 1 aliphatic heterocycles. The normalized spacial score (nSPS) is 19.7. The van der Waals surface area contributed by atoms with Gasteiger partial charge in [-0.3, -0.25) is 19.6 Å². The molecule has 92 valence electrons. The molecule has 1 unspecified atom stereocenters. The molecule has 2 aromatic rings. The molecule has 0 bridgehead atoms. The minimum absolute atomic E-state index is 0.124. The van der Waals surface area contributed by atoms with Gasteiger partial charge in [0.25, 0.3) is 0 Å². The van der Waals surface area contributed by atoms with Crippen LogP contribution in [0.1, 0.15) is 6.42 Å². The molecule has 0 aromatic carbocycles. The average Bonchev–Trinajstić information content (AvgIpc) is 2.94. The third-order valence-corrected chi connectivity index (χ3v) is 3.01. The molecular formula is C10H10N6O2. The van der Waals surface area contributed by atoms with Crippen molar-refractivity contribution in [3.63, 3.8) is 0 Å². The van der Waals surface area contributed by atoms with Crippen molar-refractivity contribution in [2.45, 2.75) is 6.42 Å². The van der Waals surface area contributed by atoms with Crippen LogP contribution in [-0.4, -0.2) is 38.5 Å². The summed E-state index contributed by atoms with van der Waals surface area (Å²) in [5, 5.41) is 7.21. The second-order valence-electron chi connectivity index (χ2n) is 4.14. The summed E-state index contributed by atoms with van der Waals surface area (Å²) in [5.41, 5.74) is 5.78. The summed E-state index contributed by atoms with van der Waals surface area (Å²) in [6.45, 7) is 0.255. The van der Waals surface area contributed by atoms with Gasteiger partial charge in [0.2, 0.25) is 11.8 Å². The lowest BCUT2D eigenvalue weighted by molar-refractivity contribution is -0.123. The van der Waals surface area contributed by atoms with E-state index in [1.165, 1.54) is 11.2 Å². The molecule has 0 spiro atoms. The van der Waals surface area contributed by atoms with E-state index in [4.69, 9.17) is 5.73 Å². The zero-order chi connectivity index (χ0) is 12.7. The van der Waals surface area contributed by atoms with Crippen molar-refractivity contribution in [1.29, 1.82) is 0 Å². The maximum Gasteiger partial charge on any atom is 0.229 e. The van der Waals surface area contributed by atoms with Crippen LogP contribution in [0.5, 0.6) is 0 Å². The van der Waals surface area contributed by atoms with Crippen molar-refractivity contribution in [2.75, 3.05) is 11.4 Å². The number of fused-ring (bicyclic) bond motifs is 1. The van der Waals surface area contributed by atoms with Crippen LogP contribution in [0.15, 0.2) is 12.5 Å². The Morgan fingerprint density at radius 2 is 2.33 bits per heavy atom. The van der Waals surface area contributed by atoms with E-state index < -0.39 is 11.8 Å². The van der Waals surface area contributed by atoms with Gasteiger partial charge < -0.3 is 5.73 Å². The highest BCUT2D eigenvalue weighted by molar-refractivity contribution is 6.04. The van der Waals surface area contributed by atoms with E-state index in [0.717, 1.165) is 0 Å². The van der Waals surface area contributed by atoms with E-state index in [1.54, 1.807) is 6.20 Å². The second-order valence-corrected chi connectivity index (χ2v) is 4.14. The van der Waals surface area contributed by atoms with E-state index >= 15 is 0 Å². The number of aromatic amines is 1. The molecule has 3 N–H and O–H groups in total. The topological polar surface area (TPSA) is 118 Å². The van der Waals surface area contributed by atoms with E-state index in [9.17, 15) is 9.59 Å². The molecule has 2 amide bonds. The summed E-state index contributed by atoms with van der Waals surface area (Å²) >= 11 is 0. The van der Waals surface area contributed by atoms with Crippen LogP contribution in [0.3, 0.4) is 0 Å². The molecular weight excluding hydrogens is 236 g/mol. The smallest absolute Gasteiger partial charge is 0.229 e. The van der Waals surface area contributed by atoms with Gasteiger partial charge in [-0.15, -0.1) is 0 Å². The summed E-state index contributed by atoms with van der Waals surface area (Å²) in [6.07, 6.45) is 3.02. The van der Waals surface area contributed by atoms with Crippen LogP contribution in [-0.2, 0) is 9.59 Å². The van der Waals surface area contributed by atoms with Gasteiger partial charge in [-0.05, 0) is 0 Å². The highest BCUT2D eigenvalue weighted by atomic mass is 16.2. The maximum absolute atomic E-state index is 11.9. The highest BCUT2D eigenvalue weighted by Gasteiger charge is 2.35. The number of H-pyrrole nitrogens is 1. The first kappa shape index (κ1) is 10.6. The van der Waals surface area contributed by atoms with Crippen LogP contribution in [0.2, 0.25) is 0 Å². The third kappa shape index (κ3) is 1.50. The number of amides is 2. The number of rotatable bonds is 2. The largest absolute Gasteiger partial charge is 0.369 e. The molecule has 1 atom stereocenters. The molecule has 0 saturated carbocycles. The summed E-state index contributed by atoms with van der Waals surface area (Å²) in [5.74, 6) is -0.639. The average molecular weight is 246 g/mol. The first-order valence-electron chi connectivity index (χ1n) is 5.40. The van der Waals surface area contributed by atoms with Crippen molar-refractivity contribution in [3.8, 4) is 0 Å². The monoisotopic (exact) mass is 246 g/mol. The molecule has 1 aliphatic rings. The maximum atomic E-state index is 11.9. The van der Waals surface area contributed by atoms with Gasteiger partial charge in [0.15, 0.2) is 5.65 Å². The number of anilines is 1. The summed E-state index contributed by atoms with van der Waals surface area (Å²) in [7, 11) is 0. The molecule has 0 aliphatic carbocycles.